The zero-order valence-corrected chi connectivity index (χ0v) is 17.3. The zero-order valence-electron chi connectivity index (χ0n) is 15.7. The number of halogens is 1. The second-order valence-electron chi connectivity index (χ2n) is 6.01. The fraction of sp³-hybridized carbons (Fsp3) is 0.182. The highest BCUT2D eigenvalue weighted by atomic mass is 79.9. The molecule has 0 fully saturated rings. The predicted octanol–water partition coefficient (Wildman–Crippen LogP) is 5.07. The zero-order chi connectivity index (χ0) is 20.1. The minimum absolute atomic E-state index is 0.229. The largest absolute Gasteiger partial charge is 0.490 e. The second-order valence-corrected chi connectivity index (χ2v) is 6.87. The summed E-state index contributed by atoms with van der Waals surface area (Å²) in [4.78, 5) is 16.7. The standard InChI is InChI=1S/C22H20BrNO4/c1-4-10-27-20-17(23)11-15(13-19(20)26-5-2)12-18-22(25)28-21(24-18)16-9-7-6-8-14(16)3/h4,6-9,11-13H,1,5,10H2,2-3H3/b18-12-. The minimum Gasteiger partial charge on any atom is -0.490 e. The van der Waals surface area contributed by atoms with Crippen molar-refractivity contribution in [3.8, 4) is 11.5 Å². The molecule has 28 heavy (non-hydrogen) atoms. The normalized spacial score (nSPS) is 14.6. The van der Waals surface area contributed by atoms with Gasteiger partial charge in [0.1, 0.15) is 6.61 Å². The van der Waals surface area contributed by atoms with E-state index in [9.17, 15) is 4.79 Å². The van der Waals surface area contributed by atoms with Gasteiger partial charge in [-0.2, -0.15) is 0 Å². The molecular formula is C22H20BrNO4. The van der Waals surface area contributed by atoms with Gasteiger partial charge in [-0.25, -0.2) is 9.79 Å². The first-order valence-electron chi connectivity index (χ1n) is 8.82. The van der Waals surface area contributed by atoms with Gasteiger partial charge in [0.05, 0.1) is 11.1 Å². The van der Waals surface area contributed by atoms with E-state index in [1.807, 2.05) is 44.2 Å². The molecule has 0 aliphatic carbocycles. The number of cyclic esters (lactones) is 1. The molecule has 3 rings (SSSR count). The van der Waals surface area contributed by atoms with Crippen LogP contribution in [0.15, 0.2) is 64.2 Å². The molecule has 0 atom stereocenters. The highest BCUT2D eigenvalue weighted by molar-refractivity contribution is 9.10. The number of hydrogen-bond acceptors (Lipinski definition) is 5. The number of aryl methyl sites for hydroxylation is 1. The molecule has 0 bridgehead atoms. The summed E-state index contributed by atoms with van der Waals surface area (Å²) in [5.41, 5.74) is 2.75. The molecule has 6 heteroatoms. The van der Waals surface area contributed by atoms with Gasteiger partial charge in [0, 0.05) is 5.56 Å². The van der Waals surface area contributed by atoms with E-state index in [1.165, 1.54) is 0 Å². The van der Waals surface area contributed by atoms with Crippen molar-refractivity contribution >= 4 is 33.9 Å². The van der Waals surface area contributed by atoms with Crippen molar-refractivity contribution < 1.29 is 19.0 Å². The third kappa shape index (κ3) is 4.34. The van der Waals surface area contributed by atoms with Crippen molar-refractivity contribution in [2.75, 3.05) is 13.2 Å². The quantitative estimate of drug-likeness (QED) is 0.342. The summed E-state index contributed by atoms with van der Waals surface area (Å²) in [7, 11) is 0. The molecule has 5 nitrogen and oxygen atoms in total. The second kappa shape index (κ2) is 8.89. The van der Waals surface area contributed by atoms with Crippen LogP contribution in [0.3, 0.4) is 0 Å². The number of nitrogens with zero attached hydrogens (tertiary/aromatic N) is 1. The number of benzene rings is 2. The van der Waals surface area contributed by atoms with Gasteiger partial charge in [-0.3, -0.25) is 0 Å². The highest BCUT2D eigenvalue weighted by Crippen LogP contribution is 2.38. The van der Waals surface area contributed by atoms with Crippen LogP contribution in [0.1, 0.15) is 23.6 Å². The minimum atomic E-state index is -0.487. The lowest BCUT2D eigenvalue weighted by atomic mass is 10.1. The lowest BCUT2D eigenvalue weighted by Gasteiger charge is -2.13. The van der Waals surface area contributed by atoms with E-state index in [0.29, 0.717) is 35.1 Å². The van der Waals surface area contributed by atoms with E-state index in [1.54, 1.807) is 18.2 Å². The van der Waals surface area contributed by atoms with Crippen molar-refractivity contribution in [2.45, 2.75) is 13.8 Å². The van der Waals surface area contributed by atoms with E-state index in [2.05, 4.69) is 27.5 Å². The van der Waals surface area contributed by atoms with Crippen molar-refractivity contribution in [1.29, 1.82) is 0 Å². The van der Waals surface area contributed by atoms with Crippen LogP contribution in [0.2, 0.25) is 0 Å². The lowest BCUT2D eigenvalue weighted by Crippen LogP contribution is -2.06. The van der Waals surface area contributed by atoms with Gasteiger partial charge in [-0.15, -0.1) is 0 Å². The van der Waals surface area contributed by atoms with Crippen LogP contribution in [0.25, 0.3) is 6.08 Å². The number of ether oxygens (including phenoxy) is 3. The summed E-state index contributed by atoms with van der Waals surface area (Å²) < 4.78 is 17.4. The van der Waals surface area contributed by atoms with Crippen molar-refractivity contribution in [3.05, 3.63) is 75.9 Å². The number of rotatable bonds is 7. The monoisotopic (exact) mass is 441 g/mol. The number of esters is 1. The van der Waals surface area contributed by atoms with Crippen molar-refractivity contribution in [3.63, 3.8) is 0 Å². The number of carbonyl (C=O) groups excluding carboxylic acids is 1. The van der Waals surface area contributed by atoms with Crippen LogP contribution < -0.4 is 9.47 Å². The molecule has 0 radical (unpaired) electrons. The Kier molecular flexibility index (Phi) is 6.31. The van der Waals surface area contributed by atoms with Gasteiger partial charge in [-0.05, 0) is 65.2 Å². The maximum Gasteiger partial charge on any atom is 0.363 e. The Balaban J connectivity index is 1.97. The Morgan fingerprint density at radius 1 is 1.25 bits per heavy atom. The molecule has 144 valence electrons. The summed E-state index contributed by atoms with van der Waals surface area (Å²) in [6.45, 7) is 8.33. The van der Waals surface area contributed by atoms with Crippen molar-refractivity contribution in [1.82, 2.24) is 0 Å². The van der Waals surface area contributed by atoms with E-state index in [4.69, 9.17) is 14.2 Å². The van der Waals surface area contributed by atoms with Crippen LogP contribution in [0.4, 0.5) is 0 Å². The fourth-order valence-electron chi connectivity index (χ4n) is 2.71. The topological polar surface area (TPSA) is 57.1 Å². The van der Waals surface area contributed by atoms with E-state index >= 15 is 0 Å². The lowest BCUT2D eigenvalue weighted by molar-refractivity contribution is -0.129. The maximum absolute atomic E-state index is 12.3. The molecule has 1 aliphatic heterocycles. The van der Waals surface area contributed by atoms with Gasteiger partial charge in [0.25, 0.3) is 0 Å². The molecule has 0 N–H and O–H groups in total. The van der Waals surface area contributed by atoms with Gasteiger partial charge in [-0.1, -0.05) is 30.9 Å². The summed E-state index contributed by atoms with van der Waals surface area (Å²) in [6.07, 6.45) is 3.33. The summed E-state index contributed by atoms with van der Waals surface area (Å²) in [6, 6.07) is 11.3. The number of aliphatic imine (C=N–C) groups is 1. The molecular weight excluding hydrogens is 422 g/mol. The Morgan fingerprint density at radius 2 is 2.04 bits per heavy atom. The Labute approximate surface area is 172 Å². The van der Waals surface area contributed by atoms with Gasteiger partial charge < -0.3 is 14.2 Å². The predicted molar refractivity (Wildman–Crippen MR) is 113 cm³/mol. The maximum atomic E-state index is 12.3. The summed E-state index contributed by atoms with van der Waals surface area (Å²) in [5.74, 6) is 0.978. The first kappa shape index (κ1) is 19.9. The highest BCUT2D eigenvalue weighted by Gasteiger charge is 2.25. The summed E-state index contributed by atoms with van der Waals surface area (Å²) >= 11 is 3.50. The van der Waals surface area contributed by atoms with Crippen LogP contribution in [0.5, 0.6) is 11.5 Å². The van der Waals surface area contributed by atoms with E-state index < -0.39 is 5.97 Å². The van der Waals surface area contributed by atoms with Crippen molar-refractivity contribution in [2.24, 2.45) is 4.99 Å². The molecule has 0 saturated heterocycles. The molecule has 0 unspecified atom stereocenters. The molecule has 0 spiro atoms. The third-order valence-electron chi connectivity index (χ3n) is 3.98. The Bertz CT molecular complexity index is 978. The SMILES string of the molecule is C=CCOc1c(Br)cc(/C=C2\N=C(c3ccccc3C)OC2=O)cc1OCC. The average Bonchev–Trinajstić information content (AvgIpc) is 3.02. The van der Waals surface area contributed by atoms with E-state index in [-0.39, 0.29) is 5.70 Å². The van der Waals surface area contributed by atoms with Crippen LogP contribution in [0, 0.1) is 6.92 Å². The first-order valence-corrected chi connectivity index (χ1v) is 9.61. The van der Waals surface area contributed by atoms with Crippen LogP contribution >= 0.6 is 15.9 Å². The fourth-order valence-corrected chi connectivity index (χ4v) is 3.29. The molecule has 0 saturated carbocycles. The molecule has 1 heterocycles. The number of carbonyl (C=O) groups is 1. The average molecular weight is 442 g/mol. The van der Waals surface area contributed by atoms with Crippen LogP contribution in [-0.4, -0.2) is 25.1 Å². The molecule has 1 aliphatic rings. The third-order valence-corrected chi connectivity index (χ3v) is 4.57. The van der Waals surface area contributed by atoms with Crippen LogP contribution in [-0.2, 0) is 9.53 Å². The molecule has 2 aromatic carbocycles. The Hall–Kier alpha value is -2.86. The van der Waals surface area contributed by atoms with Gasteiger partial charge >= 0.3 is 5.97 Å². The Morgan fingerprint density at radius 3 is 2.75 bits per heavy atom. The van der Waals surface area contributed by atoms with Gasteiger partial charge in [0.2, 0.25) is 5.90 Å². The molecule has 0 aromatic heterocycles. The smallest absolute Gasteiger partial charge is 0.363 e. The summed E-state index contributed by atoms with van der Waals surface area (Å²) in [5, 5.41) is 0. The number of hydrogen-bond donors (Lipinski definition) is 0. The van der Waals surface area contributed by atoms with E-state index in [0.717, 1.165) is 16.7 Å². The molecule has 0 amide bonds. The van der Waals surface area contributed by atoms with Gasteiger partial charge in [0.15, 0.2) is 17.2 Å². The first-order chi connectivity index (χ1) is 13.5. The molecule has 2 aromatic rings.